The molecule has 0 spiro atoms. The number of hydrogen-bond acceptors (Lipinski definition) is 6. The molecule has 0 atom stereocenters. The molecule has 1 aliphatic rings. The first-order chi connectivity index (χ1) is 10.1. The van der Waals surface area contributed by atoms with Gasteiger partial charge in [0.15, 0.2) is 5.82 Å². The number of aromatic nitrogens is 3. The van der Waals surface area contributed by atoms with E-state index in [-0.39, 0.29) is 11.8 Å². The Labute approximate surface area is 121 Å². The lowest BCUT2D eigenvalue weighted by molar-refractivity contribution is 0.122. The maximum atomic E-state index is 13.2. The molecule has 1 aromatic carbocycles. The van der Waals surface area contributed by atoms with Crippen molar-refractivity contribution in [2.24, 2.45) is 0 Å². The van der Waals surface area contributed by atoms with Gasteiger partial charge in [0.05, 0.1) is 13.2 Å². The van der Waals surface area contributed by atoms with Crippen molar-refractivity contribution in [2.75, 3.05) is 36.9 Å². The van der Waals surface area contributed by atoms with E-state index in [9.17, 15) is 4.39 Å². The van der Waals surface area contributed by atoms with E-state index in [1.165, 1.54) is 12.1 Å². The van der Waals surface area contributed by atoms with Gasteiger partial charge in [0.2, 0.25) is 11.9 Å². The topological polar surface area (TPSA) is 77.2 Å². The summed E-state index contributed by atoms with van der Waals surface area (Å²) >= 11 is 0. The molecule has 1 saturated heterocycles. The summed E-state index contributed by atoms with van der Waals surface area (Å²) in [6.45, 7) is 4.51. The molecule has 0 saturated carbocycles. The monoisotopic (exact) mass is 289 g/mol. The number of ether oxygens (including phenoxy) is 1. The summed E-state index contributed by atoms with van der Waals surface area (Å²) in [5, 5.41) is 0. The summed E-state index contributed by atoms with van der Waals surface area (Å²) in [4.78, 5) is 14.8. The van der Waals surface area contributed by atoms with Gasteiger partial charge >= 0.3 is 0 Å². The van der Waals surface area contributed by atoms with Crippen LogP contribution in [0.3, 0.4) is 0 Å². The molecule has 0 aliphatic carbocycles. The van der Waals surface area contributed by atoms with Gasteiger partial charge in [-0.3, -0.25) is 0 Å². The van der Waals surface area contributed by atoms with Crippen LogP contribution in [0.25, 0.3) is 11.4 Å². The first kappa shape index (κ1) is 13.7. The molecule has 2 aromatic rings. The third-order valence-electron chi connectivity index (χ3n) is 3.36. The van der Waals surface area contributed by atoms with E-state index in [0.717, 1.165) is 11.1 Å². The summed E-state index contributed by atoms with van der Waals surface area (Å²) in [6, 6.07) is 4.49. The molecule has 0 radical (unpaired) electrons. The van der Waals surface area contributed by atoms with Gasteiger partial charge in [0, 0.05) is 18.7 Å². The average Bonchev–Trinajstić information content (AvgIpc) is 2.47. The number of nitrogens with two attached hydrogens (primary N) is 1. The Morgan fingerprint density at radius 2 is 1.95 bits per heavy atom. The minimum Gasteiger partial charge on any atom is -0.378 e. The summed E-state index contributed by atoms with van der Waals surface area (Å²) in [6.07, 6.45) is 0. The lowest BCUT2D eigenvalue weighted by Gasteiger charge is -2.26. The first-order valence-electron chi connectivity index (χ1n) is 6.74. The van der Waals surface area contributed by atoms with Crippen LogP contribution in [-0.2, 0) is 4.74 Å². The maximum absolute atomic E-state index is 13.2. The Kier molecular flexibility index (Phi) is 3.66. The van der Waals surface area contributed by atoms with Crippen LogP contribution in [-0.4, -0.2) is 41.3 Å². The zero-order chi connectivity index (χ0) is 14.8. The van der Waals surface area contributed by atoms with E-state index in [2.05, 4.69) is 15.0 Å². The summed E-state index contributed by atoms with van der Waals surface area (Å²) in [5.74, 6) is 0.864. The molecule has 2 N–H and O–H groups in total. The minimum absolute atomic E-state index is 0.158. The lowest BCUT2D eigenvalue weighted by Crippen LogP contribution is -2.37. The summed E-state index contributed by atoms with van der Waals surface area (Å²) in [5.41, 5.74) is 7.30. The molecule has 0 amide bonds. The highest BCUT2D eigenvalue weighted by Crippen LogP contribution is 2.23. The third kappa shape index (κ3) is 2.92. The molecule has 1 aromatic heterocycles. The van der Waals surface area contributed by atoms with E-state index in [4.69, 9.17) is 10.5 Å². The van der Waals surface area contributed by atoms with Crippen LogP contribution in [0.4, 0.5) is 16.3 Å². The highest BCUT2D eigenvalue weighted by molar-refractivity contribution is 5.62. The minimum atomic E-state index is -0.285. The number of nitrogens with zero attached hydrogens (tertiary/aromatic N) is 4. The lowest BCUT2D eigenvalue weighted by atomic mass is 10.1. The molecular weight excluding hydrogens is 273 g/mol. The molecule has 0 unspecified atom stereocenters. The van der Waals surface area contributed by atoms with Gasteiger partial charge in [-0.05, 0) is 30.7 Å². The zero-order valence-electron chi connectivity index (χ0n) is 11.7. The van der Waals surface area contributed by atoms with Gasteiger partial charge < -0.3 is 15.4 Å². The van der Waals surface area contributed by atoms with Crippen molar-refractivity contribution >= 4 is 11.9 Å². The Hall–Kier alpha value is -2.28. The van der Waals surface area contributed by atoms with Gasteiger partial charge in [-0.15, -0.1) is 0 Å². The molecular formula is C14H16FN5O. The van der Waals surface area contributed by atoms with E-state index < -0.39 is 0 Å². The van der Waals surface area contributed by atoms with E-state index in [1.807, 2.05) is 11.8 Å². The number of anilines is 2. The average molecular weight is 289 g/mol. The molecule has 110 valence electrons. The van der Waals surface area contributed by atoms with Gasteiger partial charge in [-0.2, -0.15) is 15.0 Å². The zero-order valence-corrected chi connectivity index (χ0v) is 11.7. The second-order valence-corrected chi connectivity index (χ2v) is 4.88. The number of hydrogen-bond donors (Lipinski definition) is 1. The van der Waals surface area contributed by atoms with Crippen LogP contribution in [0.2, 0.25) is 0 Å². The molecule has 1 fully saturated rings. The standard InChI is InChI=1S/C14H16FN5O/c1-9-8-10(15)2-3-11(9)12-17-13(16)19-14(18-12)20-4-6-21-7-5-20/h2-3,8H,4-7H2,1H3,(H2,16,17,18,19). The summed E-state index contributed by atoms with van der Waals surface area (Å²) < 4.78 is 18.5. The van der Waals surface area contributed by atoms with Crippen molar-refractivity contribution in [3.63, 3.8) is 0 Å². The van der Waals surface area contributed by atoms with Crippen molar-refractivity contribution < 1.29 is 9.13 Å². The van der Waals surface area contributed by atoms with Gasteiger partial charge in [-0.25, -0.2) is 4.39 Å². The van der Waals surface area contributed by atoms with Crippen molar-refractivity contribution in [1.29, 1.82) is 0 Å². The molecule has 0 bridgehead atoms. The van der Waals surface area contributed by atoms with E-state index in [1.54, 1.807) is 6.07 Å². The van der Waals surface area contributed by atoms with Crippen LogP contribution in [0.5, 0.6) is 0 Å². The molecule has 21 heavy (non-hydrogen) atoms. The third-order valence-corrected chi connectivity index (χ3v) is 3.36. The second-order valence-electron chi connectivity index (χ2n) is 4.88. The quantitative estimate of drug-likeness (QED) is 0.900. The predicted molar refractivity (Wildman–Crippen MR) is 77.4 cm³/mol. The highest BCUT2D eigenvalue weighted by Gasteiger charge is 2.17. The molecule has 2 heterocycles. The van der Waals surface area contributed by atoms with E-state index in [0.29, 0.717) is 38.1 Å². The number of halogens is 1. The van der Waals surface area contributed by atoms with Crippen molar-refractivity contribution in [1.82, 2.24) is 15.0 Å². The Balaban J connectivity index is 2.00. The second kappa shape index (κ2) is 5.61. The predicted octanol–water partition coefficient (Wildman–Crippen LogP) is 1.40. The van der Waals surface area contributed by atoms with Crippen LogP contribution in [0, 0.1) is 12.7 Å². The summed E-state index contributed by atoms with van der Waals surface area (Å²) in [7, 11) is 0. The fraction of sp³-hybridized carbons (Fsp3) is 0.357. The van der Waals surface area contributed by atoms with Crippen LogP contribution >= 0.6 is 0 Å². The Bertz CT molecular complexity index is 658. The van der Waals surface area contributed by atoms with Crippen LogP contribution < -0.4 is 10.6 Å². The largest absolute Gasteiger partial charge is 0.378 e. The van der Waals surface area contributed by atoms with Crippen molar-refractivity contribution in [3.05, 3.63) is 29.6 Å². The van der Waals surface area contributed by atoms with Gasteiger partial charge in [0.1, 0.15) is 5.82 Å². The molecule has 7 heteroatoms. The fourth-order valence-corrected chi connectivity index (χ4v) is 2.28. The molecule has 6 nitrogen and oxygen atoms in total. The number of rotatable bonds is 2. The SMILES string of the molecule is Cc1cc(F)ccc1-c1nc(N)nc(N2CCOCC2)n1. The number of aryl methyl sites for hydroxylation is 1. The van der Waals surface area contributed by atoms with Gasteiger partial charge in [-0.1, -0.05) is 0 Å². The maximum Gasteiger partial charge on any atom is 0.230 e. The van der Waals surface area contributed by atoms with Crippen LogP contribution in [0.15, 0.2) is 18.2 Å². The Morgan fingerprint density at radius 3 is 2.67 bits per heavy atom. The fourth-order valence-electron chi connectivity index (χ4n) is 2.28. The number of morpholine rings is 1. The normalized spacial score (nSPS) is 15.2. The smallest absolute Gasteiger partial charge is 0.230 e. The van der Waals surface area contributed by atoms with Crippen molar-refractivity contribution in [2.45, 2.75) is 6.92 Å². The van der Waals surface area contributed by atoms with Crippen LogP contribution in [0.1, 0.15) is 5.56 Å². The molecule has 3 rings (SSSR count). The number of benzene rings is 1. The Morgan fingerprint density at radius 1 is 1.19 bits per heavy atom. The highest BCUT2D eigenvalue weighted by atomic mass is 19.1. The number of nitrogen functional groups attached to an aromatic ring is 1. The first-order valence-corrected chi connectivity index (χ1v) is 6.74. The van der Waals surface area contributed by atoms with Gasteiger partial charge in [0.25, 0.3) is 0 Å². The van der Waals surface area contributed by atoms with E-state index >= 15 is 0 Å². The van der Waals surface area contributed by atoms with Crippen molar-refractivity contribution in [3.8, 4) is 11.4 Å². The molecule has 1 aliphatic heterocycles.